The molecule has 0 radical (unpaired) electrons. The van der Waals surface area contributed by atoms with Crippen LogP contribution in [0.1, 0.15) is 43.0 Å². The maximum absolute atomic E-state index is 8.81. The van der Waals surface area contributed by atoms with E-state index < -0.39 is 0 Å². The molecule has 0 saturated heterocycles. The second-order valence-electron chi connectivity index (χ2n) is 8.51. The predicted molar refractivity (Wildman–Crippen MR) is 123 cm³/mol. The Morgan fingerprint density at radius 2 is 1.45 bits per heavy atom. The minimum atomic E-state index is 0.0118. The summed E-state index contributed by atoms with van der Waals surface area (Å²) >= 11 is 0. The van der Waals surface area contributed by atoms with Crippen LogP contribution in [-0.4, -0.2) is 6.61 Å². The summed E-state index contributed by atoms with van der Waals surface area (Å²) in [5.74, 6) is 2.17. The lowest BCUT2D eigenvalue weighted by molar-refractivity contribution is 0.282. The first-order chi connectivity index (χ1) is 14.9. The molecule has 3 aromatic carbocycles. The molecule has 0 unspecified atom stereocenters. The van der Waals surface area contributed by atoms with Gasteiger partial charge in [0.05, 0.1) is 0 Å². The van der Waals surface area contributed by atoms with E-state index in [4.69, 9.17) is 19.5 Å². The number of nitrogens with zero attached hydrogens (tertiary/aromatic N) is 1. The Balaban J connectivity index is 1.61. The third-order valence-corrected chi connectivity index (χ3v) is 5.00. The fourth-order valence-electron chi connectivity index (χ4n) is 3.22. The van der Waals surface area contributed by atoms with E-state index in [0.717, 1.165) is 22.4 Å². The number of benzene rings is 3. The van der Waals surface area contributed by atoms with Crippen molar-refractivity contribution in [1.29, 1.82) is 5.26 Å². The van der Waals surface area contributed by atoms with Crippen LogP contribution in [0.3, 0.4) is 0 Å². The van der Waals surface area contributed by atoms with Gasteiger partial charge < -0.3 is 14.2 Å². The summed E-state index contributed by atoms with van der Waals surface area (Å²) < 4.78 is 17.5. The molecule has 0 spiro atoms. The highest BCUT2D eigenvalue weighted by molar-refractivity contribution is 5.41. The van der Waals surface area contributed by atoms with E-state index in [1.807, 2.05) is 55.5 Å². The first-order valence-corrected chi connectivity index (χ1v) is 10.4. The van der Waals surface area contributed by atoms with Gasteiger partial charge in [0, 0.05) is 11.6 Å². The molecule has 0 aliphatic rings. The number of hydrogen-bond acceptors (Lipinski definition) is 4. The first-order valence-electron chi connectivity index (χ1n) is 10.4. The van der Waals surface area contributed by atoms with Crippen LogP contribution in [0.2, 0.25) is 0 Å². The fraction of sp³-hybridized carbons (Fsp3) is 0.296. The molecule has 3 aromatic rings. The van der Waals surface area contributed by atoms with Crippen LogP contribution in [0.15, 0.2) is 66.7 Å². The van der Waals surface area contributed by atoms with Crippen LogP contribution in [-0.2, 0) is 18.6 Å². The van der Waals surface area contributed by atoms with E-state index in [-0.39, 0.29) is 12.0 Å². The smallest absolute Gasteiger partial charge is 0.174 e. The lowest BCUT2D eigenvalue weighted by Crippen LogP contribution is -2.10. The van der Waals surface area contributed by atoms with Gasteiger partial charge >= 0.3 is 0 Å². The quantitative estimate of drug-likeness (QED) is 0.430. The molecule has 0 saturated carbocycles. The third-order valence-electron chi connectivity index (χ3n) is 5.00. The summed E-state index contributed by atoms with van der Waals surface area (Å²) in [6.07, 6.45) is 0. The summed E-state index contributed by atoms with van der Waals surface area (Å²) in [6, 6.07) is 24.0. The van der Waals surface area contributed by atoms with Gasteiger partial charge in [0.1, 0.15) is 36.5 Å². The molecule has 0 N–H and O–H groups in total. The number of ether oxygens (including phenoxy) is 3. The lowest BCUT2D eigenvalue weighted by Gasteiger charge is -2.19. The molecule has 0 heterocycles. The van der Waals surface area contributed by atoms with Gasteiger partial charge in [0.15, 0.2) is 6.61 Å². The van der Waals surface area contributed by atoms with Crippen molar-refractivity contribution in [1.82, 2.24) is 0 Å². The molecule has 0 aliphatic carbocycles. The molecule has 0 bridgehead atoms. The number of hydrogen-bond donors (Lipinski definition) is 0. The molecule has 0 aliphatic heterocycles. The molecule has 0 fully saturated rings. The molecule has 3 rings (SSSR count). The maximum Gasteiger partial charge on any atom is 0.174 e. The second kappa shape index (κ2) is 10.0. The van der Waals surface area contributed by atoms with Gasteiger partial charge in [-0.15, -0.1) is 0 Å². The fourth-order valence-corrected chi connectivity index (χ4v) is 3.22. The van der Waals surface area contributed by atoms with Gasteiger partial charge in [-0.3, -0.25) is 0 Å². The van der Waals surface area contributed by atoms with Crippen LogP contribution in [0, 0.1) is 18.3 Å². The van der Waals surface area contributed by atoms with Crippen molar-refractivity contribution >= 4 is 0 Å². The zero-order valence-corrected chi connectivity index (χ0v) is 18.6. The zero-order valence-electron chi connectivity index (χ0n) is 18.6. The summed E-state index contributed by atoms with van der Waals surface area (Å²) in [6.45, 7) is 9.44. The van der Waals surface area contributed by atoms with Gasteiger partial charge in [-0.1, -0.05) is 69.3 Å². The number of para-hydroxylation sites is 1. The van der Waals surface area contributed by atoms with Crippen LogP contribution in [0.5, 0.6) is 17.2 Å². The standard InChI is InChI=1S/C27H29NO3/c1-20-7-5-8-22(26(20)29-16-15-28)19-31-25-10-6-9-24(17-25)30-18-21-11-13-23(14-12-21)27(2,3)4/h5-14,17H,16,18-19H2,1-4H3. The Hall–Kier alpha value is -3.45. The molecule has 0 atom stereocenters. The SMILES string of the molecule is Cc1cccc(COc2cccc(OCc3ccc(C(C)(C)C)cc3)c2)c1OCC#N. The van der Waals surface area contributed by atoms with Gasteiger partial charge in [-0.05, 0) is 41.2 Å². The topological polar surface area (TPSA) is 51.5 Å². The van der Waals surface area contributed by atoms with E-state index in [0.29, 0.717) is 24.7 Å². The van der Waals surface area contributed by atoms with Crippen molar-refractivity contribution in [3.05, 3.63) is 89.0 Å². The molecule has 4 nitrogen and oxygen atoms in total. The molecular formula is C27H29NO3. The van der Waals surface area contributed by atoms with E-state index >= 15 is 0 Å². The first kappa shape index (κ1) is 22.2. The summed E-state index contributed by atoms with van der Waals surface area (Å²) in [4.78, 5) is 0. The highest BCUT2D eigenvalue weighted by atomic mass is 16.5. The van der Waals surface area contributed by atoms with Crippen molar-refractivity contribution in [2.75, 3.05) is 6.61 Å². The van der Waals surface area contributed by atoms with E-state index in [2.05, 4.69) is 45.0 Å². The summed E-state index contributed by atoms with van der Waals surface area (Å²) in [5.41, 5.74) is 4.45. The zero-order chi connectivity index (χ0) is 22.3. The Bertz CT molecular complexity index is 1040. The molecule has 31 heavy (non-hydrogen) atoms. The Morgan fingerprint density at radius 3 is 2.10 bits per heavy atom. The third kappa shape index (κ3) is 6.26. The van der Waals surface area contributed by atoms with Crippen molar-refractivity contribution in [2.24, 2.45) is 0 Å². The number of aryl methyl sites for hydroxylation is 1. The molecular weight excluding hydrogens is 386 g/mol. The Kier molecular flexibility index (Phi) is 7.20. The average Bonchev–Trinajstić information content (AvgIpc) is 2.75. The maximum atomic E-state index is 8.81. The van der Waals surface area contributed by atoms with E-state index in [1.165, 1.54) is 5.56 Å². The van der Waals surface area contributed by atoms with Crippen molar-refractivity contribution in [2.45, 2.75) is 46.3 Å². The largest absolute Gasteiger partial charge is 0.489 e. The summed E-state index contributed by atoms with van der Waals surface area (Å²) in [7, 11) is 0. The van der Waals surface area contributed by atoms with Crippen LogP contribution in [0.25, 0.3) is 0 Å². The lowest BCUT2D eigenvalue weighted by atomic mass is 9.87. The minimum absolute atomic E-state index is 0.0118. The van der Waals surface area contributed by atoms with Gasteiger partial charge in [-0.2, -0.15) is 5.26 Å². The normalized spacial score (nSPS) is 10.9. The van der Waals surface area contributed by atoms with Crippen molar-refractivity contribution in [3.63, 3.8) is 0 Å². The Labute approximate surface area is 185 Å². The number of rotatable bonds is 8. The summed E-state index contributed by atoms with van der Waals surface area (Å²) in [5, 5.41) is 8.81. The molecule has 0 aromatic heterocycles. The monoisotopic (exact) mass is 415 g/mol. The highest BCUT2D eigenvalue weighted by Crippen LogP contribution is 2.27. The number of nitriles is 1. The highest BCUT2D eigenvalue weighted by Gasteiger charge is 2.13. The van der Waals surface area contributed by atoms with Crippen molar-refractivity contribution < 1.29 is 14.2 Å². The minimum Gasteiger partial charge on any atom is -0.489 e. The van der Waals surface area contributed by atoms with Crippen LogP contribution >= 0.6 is 0 Å². The molecule has 0 amide bonds. The van der Waals surface area contributed by atoms with E-state index in [9.17, 15) is 0 Å². The van der Waals surface area contributed by atoms with Gasteiger partial charge in [0.2, 0.25) is 0 Å². The van der Waals surface area contributed by atoms with Crippen LogP contribution in [0.4, 0.5) is 0 Å². The predicted octanol–water partition coefficient (Wildman–Crippen LogP) is 6.35. The average molecular weight is 416 g/mol. The molecule has 160 valence electrons. The Morgan fingerprint density at radius 1 is 0.806 bits per heavy atom. The van der Waals surface area contributed by atoms with Crippen LogP contribution < -0.4 is 14.2 Å². The van der Waals surface area contributed by atoms with Crippen molar-refractivity contribution in [3.8, 4) is 23.3 Å². The second-order valence-corrected chi connectivity index (χ2v) is 8.51. The molecule has 4 heteroatoms. The van der Waals surface area contributed by atoms with Gasteiger partial charge in [0.25, 0.3) is 0 Å². The van der Waals surface area contributed by atoms with E-state index in [1.54, 1.807) is 0 Å². The van der Waals surface area contributed by atoms with Gasteiger partial charge in [-0.25, -0.2) is 0 Å².